The molecule has 0 aliphatic carbocycles. The molecule has 2 fully saturated rings. The van der Waals surface area contributed by atoms with Crippen LogP contribution >= 0.6 is 23.2 Å². The lowest BCUT2D eigenvalue weighted by Crippen LogP contribution is -2.49. The lowest BCUT2D eigenvalue weighted by Gasteiger charge is -2.37. The van der Waals surface area contributed by atoms with E-state index in [1.165, 1.54) is 22.5 Å². The Morgan fingerprint density at radius 1 is 0.857 bits per heavy atom. The van der Waals surface area contributed by atoms with Gasteiger partial charge in [-0.05, 0) is 56.0 Å². The lowest BCUT2D eigenvalue weighted by atomic mass is 10.1. The molecule has 5 nitrogen and oxygen atoms in total. The Hall–Kier alpha value is -1.12. The number of nitrogens with zero attached hydrogens (tertiary/aromatic N) is 1. The predicted molar refractivity (Wildman–Crippen MR) is 109 cm³/mol. The normalized spacial score (nSPS) is 25.7. The highest BCUT2D eigenvalue weighted by Gasteiger charge is 2.50. The van der Waals surface area contributed by atoms with Crippen LogP contribution in [-0.4, -0.2) is 38.5 Å². The molecular formula is C19H19Cl2NO4S2. The third-order valence-corrected chi connectivity index (χ3v) is 10.5. The van der Waals surface area contributed by atoms with Gasteiger partial charge in [0.05, 0.1) is 15.2 Å². The first-order valence-corrected chi connectivity index (χ1v) is 12.7. The standard InChI is InChI=1S/C19H19Cl2NO4S2/c20-13-6-9-18(21)19(10-13)28(25,26)22-14-7-8-15(22)12-17(11-14)27(23,24)16-4-2-1-3-5-16/h1-6,9-10,14-15,17H,7-8,11-12H2. The minimum Gasteiger partial charge on any atom is -0.223 e. The average Bonchev–Trinajstić information content (AvgIpc) is 2.95. The summed E-state index contributed by atoms with van der Waals surface area (Å²) in [5.41, 5.74) is 0. The van der Waals surface area contributed by atoms with Crippen molar-refractivity contribution in [2.24, 2.45) is 0 Å². The molecule has 2 aromatic carbocycles. The molecule has 2 unspecified atom stereocenters. The number of hydrogen-bond acceptors (Lipinski definition) is 4. The quantitative estimate of drug-likeness (QED) is 0.687. The second-order valence-corrected chi connectivity index (χ2v) is 12.1. The van der Waals surface area contributed by atoms with Gasteiger partial charge in [0, 0.05) is 17.1 Å². The minimum atomic E-state index is -3.86. The molecule has 0 aromatic heterocycles. The Balaban J connectivity index is 1.66. The van der Waals surface area contributed by atoms with E-state index in [0.717, 1.165) is 0 Å². The minimum absolute atomic E-state index is 0.0251. The Labute approximate surface area is 175 Å². The van der Waals surface area contributed by atoms with Crippen molar-refractivity contribution >= 4 is 43.1 Å². The van der Waals surface area contributed by atoms with Gasteiger partial charge >= 0.3 is 0 Å². The number of fused-ring (bicyclic) bond motifs is 2. The van der Waals surface area contributed by atoms with Crippen LogP contribution in [0.3, 0.4) is 0 Å². The zero-order valence-electron chi connectivity index (χ0n) is 14.8. The average molecular weight is 460 g/mol. The van der Waals surface area contributed by atoms with E-state index in [2.05, 4.69) is 0 Å². The summed E-state index contributed by atoms with van der Waals surface area (Å²) in [6.07, 6.45) is 1.85. The van der Waals surface area contributed by atoms with Crippen molar-refractivity contribution in [3.8, 4) is 0 Å². The van der Waals surface area contributed by atoms with E-state index in [9.17, 15) is 16.8 Å². The van der Waals surface area contributed by atoms with Crippen LogP contribution in [-0.2, 0) is 19.9 Å². The van der Waals surface area contributed by atoms with Crippen molar-refractivity contribution < 1.29 is 16.8 Å². The smallest absolute Gasteiger partial charge is 0.223 e. The van der Waals surface area contributed by atoms with E-state index < -0.39 is 25.1 Å². The number of rotatable bonds is 4. The molecule has 2 atom stereocenters. The van der Waals surface area contributed by atoms with Gasteiger partial charge in [-0.3, -0.25) is 0 Å². The second-order valence-electron chi connectivity index (χ2n) is 7.25. The van der Waals surface area contributed by atoms with Crippen LogP contribution in [0.1, 0.15) is 25.7 Å². The van der Waals surface area contributed by atoms with Gasteiger partial charge in [-0.2, -0.15) is 4.31 Å². The van der Waals surface area contributed by atoms with Gasteiger partial charge in [0.25, 0.3) is 0 Å². The fourth-order valence-electron chi connectivity index (χ4n) is 4.32. The predicted octanol–water partition coefficient (Wildman–Crippen LogP) is 4.15. The molecule has 0 radical (unpaired) electrons. The highest BCUT2D eigenvalue weighted by molar-refractivity contribution is 7.92. The van der Waals surface area contributed by atoms with E-state index in [1.54, 1.807) is 30.3 Å². The maximum absolute atomic E-state index is 13.3. The fraction of sp³-hybridized carbons (Fsp3) is 0.368. The van der Waals surface area contributed by atoms with Crippen molar-refractivity contribution in [3.63, 3.8) is 0 Å². The summed E-state index contributed by atoms with van der Waals surface area (Å²) < 4.78 is 54.1. The molecule has 0 N–H and O–H groups in total. The van der Waals surface area contributed by atoms with E-state index >= 15 is 0 Å². The van der Waals surface area contributed by atoms with Crippen LogP contribution in [0.25, 0.3) is 0 Å². The molecule has 2 heterocycles. The molecule has 2 saturated heterocycles. The molecule has 0 saturated carbocycles. The zero-order chi connectivity index (χ0) is 20.1. The number of sulfonamides is 1. The molecule has 0 amide bonds. The van der Waals surface area contributed by atoms with Crippen molar-refractivity contribution in [3.05, 3.63) is 58.6 Å². The highest BCUT2D eigenvalue weighted by Crippen LogP contribution is 2.44. The molecule has 0 spiro atoms. The molecule has 9 heteroatoms. The molecule has 2 bridgehead atoms. The van der Waals surface area contributed by atoms with Gasteiger partial charge in [0.2, 0.25) is 10.0 Å². The second kappa shape index (κ2) is 7.29. The fourth-order valence-corrected chi connectivity index (χ4v) is 8.83. The zero-order valence-corrected chi connectivity index (χ0v) is 18.0. The number of benzene rings is 2. The van der Waals surface area contributed by atoms with Gasteiger partial charge < -0.3 is 0 Å². The largest absolute Gasteiger partial charge is 0.245 e. The van der Waals surface area contributed by atoms with Crippen LogP contribution in [0.5, 0.6) is 0 Å². The van der Waals surface area contributed by atoms with Crippen LogP contribution in [0.15, 0.2) is 58.3 Å². The summed E-state index contributed by atoms with van der Waals surface area (Å²) in [7, 11) is -7.37. The summed E-state index contributed by atoms with van der Waals surface area (Å²) in [5, 5.41) is -0.187. The molecule has 4 rings (SSSR count). The van der Waals surface area contributed by atoms with E-state index in [0.29, 0.717) is 12.8 Å². The van der Waals surface area contributed by atoms with Crippen molar-refractivity contribution in [1.29, 1.82) is 0 Å². The Morgan fingerprint density at radius 3 is 2.07 bits per heavy atom. The van der Waals surface area contributed by atoms with Gasteiger partial charge in [-0.1, -0.05) is 41.4 Å². The van der Waals surface area contributed by atoms with E-state index in [1.807, 2.05) is 0 Å². The van der Waals surface area contributed by atoms with Crippen LogP contribution in [0.2, 0.25) is 10.0 Å². The summed E-state index contributed by atoms with van der Waals surface area (Å²) in [5.74, 6) is 0. The van der Waals surface area contributed by atoms with Gasteiger partial charge in [0.15, 0.2) is 9.84 Å². The maximum atomic E-state index is 13.3. The third kappa shape index (κ3) is 3.37. The first kappa shape index (κ1) is 20.2. The summed E-state index contributed by atoms with van der Waals surface area (Å²) >= 11 is 12.1. The Kier molecular flexibility index (Phi) is 5.25. The van der Waals surface area contributed by atoms with Crippen LogP contribution < -0.4 is 0 Å². The summed E-state index contributed by atoms with van der Waals surface area (Å²) in [6, 6.07) is 12.0. The number of sulfone groups is 1. The van der Waals surface area contributed by atoms with Crippen molar-refractivity contribution in [1.82, 2.24) is 4.31 Å². The van der Waals surface area contributed by atoms with E-state index in [-0.39, 0.29) is 44.8 Å². The number of hydrogen-bond donors (Lipinski definition) is 0. The Bertz CT molecular complexity index is 1090. The maximum Gasteiger partial charge on any atom is 0.245 e. The Morgan fingerprint density at radius 2 is 1.46 bits per heavy atom. The summed E-state index contributed by atoms with van der Waals surface area (Å²) in [6.45, 7) is 0. The molecule has 150 valence electrons. The molecule has 2 aliphatic heterocycles. The summed E-state index contributed by atoms with van der Waals surface area (Å²) in [4.78, 5) is 0.261. The molecule has 2 aliphatic rings. The molecule has 2 aromatic rings. The first-order valence-electron chi connectivity index (χ1n) is 8.99. The number of piperidine rings is 1. The van der Waals surface area contributed by atoms with Crippen molar-refractivity contribution in [2.75, 3.05) is 0 Å². The first-order chi connectivity index (χ1) is 13.2. The number of halogens is 2. The van der Waals surface area contributed by atoms with Gasteiger partial charge in [-0.15, -0.1) is 0 Å². The monoisotopic (exact) mass is 459 g/mol. The SMILES string of the molecule is O=S(=O)(c1ccccc1)C1CC2CCC(C1)N2S(=O)(=O)c1cc(Cl)ccc1Cl. The van der Waals surface area contributed by atoms with Gasteiger partial charge in [0.1, 0.15) is 4.90 Å². The van der Waals surface area contributed by atoms with Crippen LogP contribution in [0, 0.1) is 0 Å². The van der Waals surface area contributed by atoms with E-state index in [4.69, 9.17) is 23.2 Å². The topological polar surface area (TPSA) is 71.5 Å². The molecule has 28 heavy (non-hydrogen) atoms. The van der Waals surface area contributed by atoms with Crippen molar-refractivity contribution in [2.45, 2.75) is 52.8 Å². The lowest BCUT2D eigenvalue weighted by molar-refractivity contribution is 0.249. The molecular weight excluding hydrogens is 441 g/mol. The third-order valence-electron chi connectivity index (χ3n) is 5.58. The van der Waals surface area contributed by atoms with Gasteiger partial charge in [-0.25, -0.2) is 16.8 Å². The van der Waals surface area contributed by atoms with Crippen LogP contribution in [0.4, 0.5) is 0 Å². The highest BCUT2D eigenvalue weighted by atomic mass is 35.5.